The molecule has 0 bridgehead atoms. The van der Waals surface area contributed by atoms with E-state index in [1.165, 1.54) is 12.0 Å². The normalized spacial score (nSPS) is 21.6. The number of primary amides is 1. The first kappa shape index (κ1) is 20.8. The van der Waals surface area contributed by atoms with Gasteiger partial charge >= 0.3 is 0 Å². The molecule has 0 spiro atoms. The van der Waals surface area contributed by atoms with E-state index in [4.69, 9.17) is 5.73 Å². The molecule has 0 aliphatic carbocycles. The number of hydrogen-bond donors (Lipinski definition) is 1. The van der Waals surface area contributed by atoms with E-state index in [-0.39, 0.29) is 5.91 Å². The van der Waals surface area contributed by atoms with Crippen LogP contribution in [0.4, 0.5) is 0 Å². The number of carbonyl (C=O) groups is 2. The lowest BCUT2D eigenvalue weighted by Gasteiger charge is -2.36. The molecule has 1 aromatic carbocycles. The van der Waals surface area contributed by atoms with Crippen LogP contribution in [0, 0.1) is 5.92 Å². The van der Waals surface area contributed by atoms with Gasteiger partial charge in [-0.05, 0) is 37.3 Å². The average molecular weight is 387 g/mol. The van der Waals surface area contributed by atoms with Crippen LogP contribution in [0.25, 0.3) is 0 Å². The Morgan fingerprint density at radius 3 is 2.43 bits per heavy atom. The van der Waals surface area contributed by atoms with E-state index >= 15 is 0 Å². The van der Waals surface area contributed by atoms with Gasteiger partial charge in [-0.25, -0.2) is 0 Å². The predicted octanol–water partition coefficient (Wildman–Crippen LogP) is 1.70. The van der Waals surface area contributed by atoms with Crippen LogP contribution in [0.3, 0.4) is 0 Å². The molecule has 6 nitrogen and oxygen atoms in total. The minimum absolute atomic E-state index is 0.233. The van der Waals surface area contributed by atoms with Gasteiger partial charge in [-0.15, -0.1) is 0 Å². The van der Waals surface area contributed by atoms with Crippen LogP contribution < -0.4 is 5.73 Å². The number of benzene rings is 1. The number of piperidine rings is 1. The van der Waals surface area contributed by atoms with Crippen LogP contribution in [0.5, 0.6) is 0 Å². The maximum Gasteiger partial charge on any atom is 0.222 e. The summed E-state index contributed by atoms with van der Waals surface area (Å²) in [6.07, 6.45) is 4.36. The molecule has 3 rings (SSSR count). The molecule has 2 aliphatic heterocycles. The number of rotatable bonds is 8. The Kier molecular flexibility index (Phi) is 7.86. The first-order valence-electron chi connectivity index (χ1n) is 10.6. The molecule has 2 fully saturated rings. The van der Waals surface area contributed by atoms with Crippen LogP contribution >= 0.6 is 0 Å². The van der Waals surface area contributed by atoms with Crippen LogP contribution in [0.1, 0.15) is 37.7 Å². The summed E-state index contributed by atoms with van der Waals surface area (Å²) in [5.41, 5.74) is 6.59. The molecule has 6 heteroatoms. The van der Waals surface area contributed by atoms with Crippen molar-refractivity contribution in [2.75, 3.05) is 45.8 Å². The SMILES string of the molecule is NC(=O)CCN1CCCC(CCC(=O)N2CCN(Cc3ccccc3)CC2)C1. The minimum Gasteiger partial charge on any atom is -0.370 e. The zero-order valence-corrected chi connectivity index (χ0v) is 16.9. The molecule has 2 saturated heterocycles. The van der Waals surface area contributed by atoms with Crippen LogP contribution in [-0.4, -0.2) is 72.3 Å². The van der Waals surface area contributed by atoms with Crippen molar-refractivity contribution in [2.24, 2.45) is 11.7 Å². The van der Waals surface area contributed by atoms with Crippen molar-refractivity contribution in [3.8, 4) is 0 Å². The maximum atomic E-state index is 12.6. The number of piperazine rings is 1. The van der Waals surface area contributed by atoms with Gasteiger partial charge in [-0.2, -0.15) is 0 Å². The Labute approximate surface area is 168 Å². The molecule has 1 unspecified atom stereocenters. The van der Waals surface area contributed by atoms with E-state index in [1.54, 1.807) is 0 Å². The largest absolute Gasteiger partial charge is 0.370 e. The molecule has 2 N–H and O–H groups in total. The summed E-state index contributed by atoms with van der Waals surface area (Å²) in [7, 11) is 0. The summed E-state index contributed by atoms with van der Waals surface area (Å²) in [4.78, 5) is 30.4. The second-order valence-corrected chi connectivity index (χ2v) is 8.21. The van der Waals surface area contributed by atoms with Gasteiger partial charge in [0.25, 0.3) is 0 Å². The van der Waals surface area contributed by atoms with Crippen LogP contribution in [0.15, 0.2) is 30.3 Å². The fourth-order valence-electron chi connectivity index (χ4n) is 4.34. The fourth-order valence-corrected chi connectivity index (χ4v) is 4.34. The molecule has 1 atom stereocenters. The molecule has 0 radical (unpaired) electrons. The second kappa shape index (κ2) is 10.6. The monoisotopic (exact) mass is 386 g/mol. The summed E-state index contributed by atoms with van der Waals surface area (Å²) in [6.45, 7) is 7.32. The minimum atomic E-state index is -0.233. The second-order valence-electron chi connectivity index (χ2n) is 8.21. The van der Waals surface area contributed by atoms with Gasteiger partial charge in [-0.1, -0.05) is 30.3 Å². The molecule has 2 aliphatic rings. The van der Waals surface area contributed by atoms with E-state index in [9.17, 15) is 9.59 Å². The summed E-state index contributed by atoms with van der Waals surface area (Å²) in [5, 5.41) is 0. The third-order valence-electron chi connectivity index (χ3n) is 6.02. The van der Waals surface area contributed by atoms with Crippen molar-refractivity contribution >= 4 is 11.8 Å². The highest BCUT2D eigenvalue weighted by atomic mass is 16.2. The Bertz CT molecular complexity index is 629. The van der Waals surface area contributed by atoms with Gasteiger partial charge in [0.05, 0.1) is 0 Å². The van der Waals surface area contributed by atoms with Crippen molar-refractivity contribution in [3.63, 3.8) is 0 Å². The van der Waals surface area contributed by atoms with Crippen molar-refractivity contribution < 1.29 is 9.59 Å². The first-order valence-corrected chi connectivity index (χ1v) is 10.6. The summed E-state index contributed by atoms with van der Waals surface area (Å²) in [5.74, 6) is 0.627. The highest BCUT2D eigenvalue weighted by Crippen LogP contribution is 2.22. The third kappa shape index (κ3) is 6.60. The Morgan fingerprint density at radius 1 is 0.964 bits per heavy atom. The lowest BCUT2D eigenvalue weighted by atomic mass is 9.93. The van der Waals surface area contributed by atoms with Gasteiger partial charge in [-0.3, -0.25) is 14.5 Å². The van der Waals surface area contributed by atoms with E-state index in [0.29, 0.717) is 24.7 Å². The van der Waals surface area contributed by atoms with Crippen molar-refractivity contribution in [3.05, 3.63) is 35.9 Å². The number of amides is 2. The molecule has 2 heterocycles. The molecule has 1 aromatic rings. The van der Waals surface area contributed by atoms with Gasteiger partial charge in [0.15, 0.2) is 0 Å². The highest BCUT2D eigenvalue weighted by molar-refractivity contribution is 5.76. The molecule has 0 aromatic heterocycles. The highest BCUT2D eigenvalue weighted by Gasteiger charge is 2.24. The van der Waals surface area contributed by atoms with Gasteiger partial charge in [0.2, 0.25) is 11.8 Å². The quantitative estimate of drug-likeness (QED) is 0.738. The van der Waals surface area contributed by atoms with E-state index in [0.717, 1.165) is 65.2 Å². The molecular formula is C22H34N4O2. The van der Waals surface area contributed by atoms with Crippen LogP contribution in [-0.2, 0) is 16.1 Å². The van der Waals surface area contributed by atoms with Gasteiger partial charge in [0.1, 0.15) is 0 Å². The zero-order valence-electron chi connectivity index (χ0n) is 16.9. The Hall–Kier alpha value is -1.92. The number of nitrogens with zero attached hydrogens (tertiary/aromatic N) is 3. The topological polar surface area (TPSA) is 69.9 Å². The fraction of sp³-hybridized carbons (Fsp3) is 0.636. The van der Waals surface area contributed by atoms with E-state index < -0.39 is 0 Å². The molecule has 2 amide bonds. The first-order chi connectivity index (χ1) is 13.6. The Morgan fingerprint density at radius 2 is 1.71 bits per heavy atom. The number of hydrogen-bond acceptors (Lipinski definition) is 4. The number of likely N-dealkylation sites (tertiary alicyclic amines) is 1. The number of carbonyl (C=O) groups excluding carboxylic acids is 2. The molecule has 0 saturated carbocycles. The van der Waals surface area contributed by atoms with Crippen molar-refractivity contribution in [1.29, 1.82) is 0 Å². The standard InChI is InChI=1S/C22H34N4O2/c23-21(27)10-12-24-11-4-7-20(18-24)8-9-22(28)26-15-13-25(14-16-26)17-19-5-2-1-3-6-19/h1-3,5-6,20H,4,7-18H2,(H2,23,27). The Balaban J connectivity index is 1.34. The summed E-state index contributed by atoms with van der Waals surface area (Å²) >= 11 is 0. The zero-order chi connectivity index (χ0) is 19.8. The maximum absolute atomic E-state index is 12.6. The van der Waals surface area contributed by atoms with E-state index in [1.807, 2.05) is 11.0 Å². The lowest BCUT2D eigenvalue weighted by Crippen LogP contribution is -2.48. The molecule has 154 valence electrons. The third-order valence-corrected chi connectivity index (χ3v) is 6.02. The predicted molar refractivity (Wildman–Crippen MR) is 111 cm³/mol. The summed E-state index contributed by atoms with van der Waals surface area (Å²) < 4.78 is 0. The average Bonchev–Trinajstić information content (AvgIpc) is 2.72. The molecule has 28 heavy (non-hydrogen) atoms. The number of nitrogens with two attached hydrogens (primary N) is 1. The summed E-state index contributed by atoms with van der Waals surface area (Å²) in [6, 6.07) is 10.5. The van der Waals surface area contributed by atoms with Crippen molar-refractivity contribution in [1.82, 2.24) is 14.7 Å². The smallest absolute Gasteiger partial charge is 0.222 e. The van der Waals surface area contributed by atoms with Gasteiger partial charge in [0, 0.05) is 58.7 Å². The van der Waals surface area contributed by atoms with Crippen LogP contribution in [0.2, 0.25) is 0 Å². The van der Waals surface area contributed by atoms with E-state index in [2.05, 4.69) is 34.1 Å². The molecular weight excluding hydrogens is 352 g/mol. The van der Waals surface area contributed by atoms with Gasteiger partial charge < -0.3 is 15.5 Å². The lowest BCUT2D eigenvalue weighted by molar-refractivity contribution is -0.133. The van der Waals surface area contributed by atoms with Crippen molar-refractivity contribution in [2.45, 2.75) is 38.6 Å².